The summed E-state index contributed by atoms with van der Waals surface area (Å²) in [7, 11) is 1.87. The van der Waals surface area contributed by atoms with Crippen LogP contribution in [0.4, 0.5) is 20.2 Å². The first-order valence-electron chi connectivity index (χ1n) is 8.18. The normalized spacial score (nSPS) is 18.7. The number of anilines is 2. The Kier molecular flexibility index (Phi) is 4.99. The average Bonchev–Trinajstić information content (AvgIpc) is 3.39. The summed E-state index contributed by atoms with van der Waals surface area (Å²) in [6.45, 7) is 0.587. The Morgan fingerprint density at radius 1 is 1.24 bits per heavy atom. The first-order chi connectivity index (χ1) is 12.0. The smallest absolute Gasteiger partial charge is 0.228 e. The Hall–Kier alpha value is -2.47. The van der Waals surface area contributed by atoms with Crippen LogP contribution in [0.3, 0.4) is 0 Å². The van der Waals surface area contributed by atoms with Crippen LogP contribution in [0.5, 0.6) is 0 Å². The molecule has 2 unspecified atom stereocenters. The summed E-state index contributed by atoms with van der Waals surface area (Å²) in [6, 6.07) is 11.3. The van der Waals surface area contributed by atoms with Crippen LogP contribution in [0.2, 0.25) is 0 Å². The second-order valence-corrected chi connectivity index (χ2v) is 6.27. The highest BCUT2D eigenvalue weighted by Gasteiger charge is 2.45. The summed E-state index contributed by atoms with van der Waals surface area (Å²) in [4.78, 5) is 14.2. The van der Waals surface area contributed by atoms with Gasteiger partial charge in [0.05, 0.1) is 6.61 Å². The van der Waals surface area contributed by atoms with Gasteiger partial charge in [-0.1, -0.05) is 12.1 Å². The zero-order valence-electron chi connectivity index (χ0n) is 13.9. The summed E-state index contributed by atoms with van der Waals surface area (Å²) >= 11 is 0. The fourth-order valence-corrected chi connectivity index (χ4v) is 2.95. The van der Waals surface area contributed by atoms with Gasteiger partial charge in [-0.15, -0.1) is 0 Å². The molecule has 0 saturated heterocycles. The summed E-state index contributed by atoms with van der Waals surface area (Å²) in [5, 5.41) is 11.8. The number of carbonyl (C=O) groups excluding carboxylic acids is 1. The summed E-state index contributed by atoms with van der Waals surface area (Å²) in [6.07, 6.45) is 0.517. The monoisotopic (exact) mass is 346 g/mol. The van der Waals surface area contributed by atoms with Crippen LogP contribution >= 0.6 is 0 Å². The Morgan fingerprint density at radius 3 is 2.64 bits per heavy atom. The zero-order valence-corrected chi connectivity index (χ0v) is 13.9. The first-order valence-corrected chi connectivity index (χ1v) is 8.18. The van der Waals surface area contributed by atoms with Gasteiger partial charge in [0, 0.05) is 30.9 Å². The molecule has 132 valence electrons. The number of carbonyl (C=O) groups is 1. The number of likely N-dealkylation sites (N-methyl/N-ethyl adjacent to an activating group) is 1. The molecular formula is C19H20F2N2O2. The number of benzene rings is 2. The highest BCUT2D eigenvalue weighted by Crippen LogP contribution is 2.49. The molecule has 2 aromatic carbocycles. The number of hydrogen-bond donors (Lipinski definition) is 2. The van der Waals surface area contributed by atoms with Crippen molar-refractivity contribution in [3.63, 3.8) is 0 Å². The Morgan fingerprint density at radius 2 is 1.96 bits per heavy atom. The zero-order chi connectivity index (χ0) is 18.0. The summed E-state index contributed by atoms with van der Waals surface area (Å²) in [5.74, 6) is -2.55. The molecule has 0 aromatic heterocycles. The van der Waals surface area contributed by atoms with Gasteiger partial charge in [0.25, 0.3) is 0 Å². The molecular weight excluding hydrogens is 326 g/mol. The molecule has 0 aliphatic heterocycles. The molecule has 1 amide bonds. The third-order valence-electron chi connectivity index (χ3n) is 4.52. The fourth-order valence-electron chi connectivity index (χ4n) is 2.95. The Balaban J connectivity index is 1.61. The molecule has 2 atom stereocenters. The molecule has 1 saturated carbocycles. The van der Waals surface area contributed by atoms with E-state index in [2.05, 4.69) is 5.32 Å². The maximum atomic E-state index is 13.8. The van der Waals surface area contributed by atoms with Crippen LogP contribution in [0.15, 0.2) is 42.5 Å². The van der Waals surface area contributed by atoms with E-state index in [1.54, 1.807) is 12.1 Å². The second-order valence-electron chi connectivity index (χ2n) is 6.27. The number of aliphatic hydroxyl groups excluding tert-OH is 1. The third kappa shape index (κ3) is 3.79. The quantitative estimate of drug-likeness (QED) is 0.845. The highest BCUT2D eigenvalue weighted by atomic mass is 19.2. The lowest BCUT2D eigenvalue weighted by Gasteiger charge is -2.18. The summed E-state index contributed by atoms with van der Waals surface area (Å²) < 4.78 is 27.1. The van der Waals surface area contributed by atoms with E-state index in [1.165, 1.54) is 12.1 Å². The topological polar surface area (TPSA) is 52.6 Å². The maximum absolute atomic E-state index is 13.8. The summed E-state index contributed by atoms with van der Waals surface area (Å²) in [5.41, 5.74) is 1.84. The molecule has 0 radical (unpaired) electrons. The van der Waals surface area contributed by atoms with E-state index >= 15 is 0 Å². The maximum Gasteiger partial charge on any atom is 0.228 e. The minimum atomic E-state index is -0.883. The van der Waals surface area contributed by atoms with E-state index in [4.69, 9.17) is 5.11 Å². The Bertz CT molecular complexity index is 765. The molecule has 2 aromatic rings. The van der Waals surface area contributed by atoms with Crippen LogP contribution in [0, 0.1) is 17.6 Å². The lowest BCUT2D eigenvalue weighted by molar-refractivity contribution is -0.117. The number of amides is 1. The number of rotatable bonds is 6. The number of hydrogen-bond acceptors (Lipinski definition) is 3. The largest absolute Gasteiger partial charge is 0.395 e. The molecule has 4 nitrogen and oxygen atoms in total. The van der Waals surface area contributed by atoms with Gasteiger partial charge in [-0.2, -0.15) is 0 Å². The molecule has 0 heterocycles. The molecule has 1 aliphatic carbocycles. The number of aliphatic hydroxyl groups is 1. The molecule has 25 heavy (non-hydrogen) atoms. The van der Waals surface area contributed by atoms with Gasteiger partial charge in [-0.3, -0.25) is 4.79 Å². The van der Waals surface area contributed by atoms with Crippen molar-refractivity contribution < 1.29 is 18.7 Å². The number of nitrogens with zero attached hydrogens (tertiary/aromatic N) is 1. The van der Waals surface area contributed by atoms with Crippen LogP contribution in [0.25, 0.3) is 0 Å². The standard InChI is InChI=1S/C19H20F2N2O2/c1-23(9-10-24)13-7-5-12(6-8-13)22-19(25)16-11-15(16)14-3-2-4-17(20)18(14)21/h2-8,15-16,24H,9-11H2,1H3,(H,22,25). The molecule has 2 N–H and O–H groups in total. The van der Waals surface area contributed by atoms with Crippen molar-refractivity contribution in [2.24, 2.45) is 5.92 Å². The Labute approximate surface area is 145 Å². The van der Waals surface area contributed by atoms with E-state index in [9.17, 15) is 13.6 Å². The van der Waals surface area contributed by atoms with Crippen molar-refractivity contribution in [3.05, 3.63) is 59.7 Å². The van der Waals surface area contributed by atoms with Crippen molar-refractivity contribution in [2.45, 2.75) is 12.3 Å². The number of nitrogens with one attached hydrogen (secondary N) is 1. The van der Waals surface area contributed by atoms with Gasteiger partial charge in [0.15, 0.2) is 11.6 Å². The van der Waals surface area contributed by atoms with E-state index in [-0.39, 0.29) is 29.9 Å². The van der Waals surface area contributed by atoms with E-state index in [0.29, 0.717) is 18.7 Å². The van der Waals surface area contributed by atoms with Gasteiger partial charge in [-0.05, 0) is 48.2 Å². The van der Waals surface area contributed by atoms with Crippen molar-refractivity contribution in [3.8, 4) is 0 Å². The van der Waals surface area contributed by atoms with Crippen molar-refractivity contribution in [1.82, 2.24) is 0 Å². The predicted molar refractivity (Wildman–Crippen MR) is 92.6 cm³/mol. The van der Waals surface area contributed by atoms with Crippen LogP contribution in [-0.2, 0) is 4.79 Å². The minimum absolute atomic E-state index is 0.0642. The van der Waals surface area contributed by atoms with Crippen LogP contribution in [-0.4, -0.2) is 31.2 Å². The van der Waals surface area contributed by atoms with Gasteiger partial charge in [0.1, 0.15) is 0 Å². The highest BCUT2D eigenvalue weighted by molar-refractivity contribution is 5.95. The van der Waals surface area contributed by atoms with Crippen LogP contribution in [0.1, 0.15) is 17.9 Å². The predicted octanol–water partition coefficient (Wildman–Crippen LogP) is 3.14. The SMILES string of the molecule is CN(CCO)c1ccc(NC(=O)C2CC2c2cccc(F)c2F)cc1. The van der Waals surface area contributed by atoms with E-state index in [0.717, 1.165) is 11.8 Å². The van der Waals surface area contributed by atoms with Crippen molar-refractivity contribution in [2.75, 3.05) is 30.4 Å². The van der Waals surface area contributed by atoms with E-state index in [1.807, 2.05) is 24.1 Å². The van der Waals surface area contributed by atoms with Gasteiger partial charge in [-0.25, -0.2) is 8.78 Å². The fraction of sp³-hybridized carbons (Fsp3) is 0.316. The molecule has 1 fully saturated rings. The molecule has 1 aliphatic rings. The van der Waals surface area contributed by atoms with Crippen molar-refractivity contribution in [1.29, 1.82) is 0 Å². The van der Waals surface area contributed by atoms with Crippen molar-refractivity contribution >= 4 is 17.3 Å². The van der Waals surface area contributed by atoms with Gasteiger partial charge < -0.3 is 15.3 Å². The second kappa shape index (κ2) is 7.19. The van der Waals surface area contributed by atoms with Crippen LogP contribution < -0.4 is 10.2 Å². The molecule has 3 rings (SSSR count). The minimum Gasteiger partial charge on any atom is -0.395 e. The molecule has 0 spiro atoms. The van der Waals surface area contributed by atoms with Gasteiger partial charge in [0.2, 0.25) is 5.91 Å². The van der Waals surface area contributed by atoms with E-state index < -0.39 is 11.6 Å². The third-order valence-corrected chi connectivity index (χ3v) is 4.52. The lowest BCUT2D eigenvalue weighted by Crippen LogP contribution is -2.21. The first kappa shape index (κ1) is 17.4. The molecule has 6 heteroatoms. The van der Waals surface area contributed by atoms with Gasteiger partial charge >= 0.3 is 0 Å². The lowest BCUT2D eigenvalue weighted by atomic mass is 10.1. The number of halogens is 2. The molecule has 0 bridgehead atoms. The average molecular weight is 346 g/mol.